The minimum Gasteiger partial charge on any atom is -0.381 e. The molecule has 2 atom stereocenters. The smallest absolute Gasteiger partial charge is 0.254 e. The maximum atomic E-state index is 13.9. The number of amides is 1. The van der Waals surface area contributed by atoms with Crippen molar-refractivity contribution in [3.8, 4) is 0 Å². The zero-order chi connectivity index (χ0) is 14.3. The van der Waals surface area contributed by atoms with Crippen LogP contribution in [0.2, 0.25) is 0 Å². The highest BCUT2D eigenvalue weighted by molar-refractivity contribution is 5.95. The first-order chi connectivity index (χ1) is 9.60. The van der Waals surface area contributed by atoms with Gasteiger partial charge in [-0.3, -0.25) is 4.79 Å². The third-order valence-electron chi connectivity index (χ3n) is 4.31. The van der Waals surface area contributed by atoms with E-state index in [1.165, 1.54) is 0 Å². The zero-order valence-electron chi connectivity index (χ0n) is 11.5. The van der Waals surface area contributed by atoms with Crippen LogP contribution in [0, 0.1) is 17.6 Å². The first kappa shape index (κ1) is 13.3. The molecule has 5 heteroatoms. The summed E-state index contributed by atoms with van der Waals surface area (Å²) in [6, 6.07) is 2.53. The molecule has 1 N–H and O–H groups in total. The number of rotatable bonds is 3. The van der Waals surface area contributed by atoms with Crippen LogP contribution >= 0.6 is 0 Å². The molecule has 0 radical (unpaired) electrons. The van der Waals surface area contributed by atoms with Gasteiger partial charge < -0.3 is 10.2 Å². The molecule has 1 amide bonds. The van der Waals surface area contributed by atoms with Crippen LogP contribution in [0.25, 0.3) is 0 Å². The van der Waals surface area contributed by atoms with Gasteiger partial charge in [0.25, 0.3) is 5.91 Å². The Bertz CT molecular complexity index is 524. The van der Waals surface area contributed by atoms with E-state index in [9.17, 15) is 13.6 Å². The van der Waals surface area contributed by atoms with E-state index < -0.39 is 11.6 Å². The molecule has 108 valence electrons. The zero-order valence-corrected chi connectivity index (χ0v) is 11.5. The van der Waals surface area contributed by atoms with Gasteiger partial charge in [0.05, 0.1) is 0 Å². The third kappa shape index (κ3) is 2.15. The van der Waals surface area contributed by atoms with Crippen molar-refractivity contribution in [1.29, 1.82) is 0 Å². The molecule has 1 saturated carbocycles. The minimum atomic E-state index is -0.709. The van der Waals surface area contributed by atoms with E-state index in [0.717, 1.165) is 37.9 Å². The number of carbonyl (C=O) groups excluding carboxylic acids is 1. The van der Waals surface area contributed by atoms with Gasteiger partial charge in [0.1, 0.15) is 17.3 Å². The van der Waals surface area contributed by atoms with Crippen LogP contribution in [-0.2, 0) is 0 Å². The number of piperidine rings is 1. The Morgan fingerprint density at radius 3 is 2.55 bits per heavy atom. The maximum Gasteiger partial charge on any atom is 0.254 e. The Morgan fingerprint density at radius 2 is 2.05 bits per heavy atom. The normalized spacial score (nSPS) is 24.2. The van der Waals surface area contributed by atoms with Crippen molar-refractivity contribution in [2.45, 2.75) is 32.2 Å². The summed E-state index contributed by atoms with van der Waals surface area (Å²) >= 11 is 0. The number of halogens is 2. The Morgan fingerprint density at radius 1 is 1.35 bits per heavy atom. The highest BCUT2D eigenvalue weighted by Gasteiger charge is 2.40. The molecule has 2 aliphatic rings. The van der Waals surface area contributed by atoms with E-state index in [0.29, 0.717) is 12.5 Å². The van der Waals surface area contributed by atoms with Crippen LogP contribution in [0.5, 0.6) is 0 Å². The van der Waals surface area contributed by atoms with Gasteiger partial charge in [-0.1, -0.05) is 0 Å². The summed E-state index contributed by atoms with van der Waals surface area (Å²) < 4.78 is 27.7. The molecule has 2 fully saturated rings. The number of hydrogen-bond acceptors (Lipinski definition) is 2. The largest absolute Gasteiger partial charge is 0.381 e. The molecule has 0 spiro atoms. The molecule has 3 nitrogen and oxygen atoms in total. The second kappa shape index (κ2) is 5.04. The summed E-state index contributed by atoms with van der Waals surface area (Å²) in [4.78, 5) is 14.2. The molecular formula is C15H18F2N2O. The second-order valence-corrected chi connectivity index (χ2v) is 5.64. The van der Waals surface area contributed by atoms with Crippen LogP contribution in [0.15, 0.2) is 12.1 Å². The van der Waals surface area contributed by atoms with Crippen molar-refractivity contribution in [3.05, 3.63) is 29.3 Å². The SMILES string of the molecule is CCNc1c(F)cc(C(=O)N2CC3CCC2C3)cc1F. The standard InChI is InChI=1S/C15H18F2N2O/c1-2-18-14-12(16)6-10(7-13(14)17)15(20)19-8-9-3-4-11(19)5-9/h6-7,9,11,18H,2-5,8H2,1H3. The number of nitrogens with one attached hydrogen (secondary N) is 1. The van der Waals surface area contributed by atoms with Crippen LogP contribution in [0.3, 0.4) is 0 Å². The van der Waals surface area contributed by atoms with Crippen molar-refractivity contribution in [1.82, 2.24) is 4.90 Å². The van der Waals surface area contributed by atoms with Crippen LogP contribution in [-0.4, -0.2) is 29.9 Å². The molecule has 1 heterocycles. The number of nitrogens with zero attached hydrogens (tertiary/aromatic N) is 1. The molecule has 20 heavy (non-hydrogen) atoms. The van der Waals surface area contributed by atoms with Crippen molar-refractivity contribution < 1.29 is 13.6 Å². The molecule has 1 aliphatic heterocycles. The maximum absolute atomic E-state index is 13.9. The van der Waals surface area contributed by atoms with Gasteiger partial charge in [0.15, 0.2) is 0 Å². The van der Waals surface area contributed by atoms with Crippen LogP contribution < -0.4 is 5.32 Å². The molecule has 1 saturated heterocycles. The van der Waals surface area contributed by atoms with Crippen molar-refractivity contribution in [3.63, 3.8) is 0 Å². The summed E-state index contributed by atoms with van der Waals surface area (Å²) in [7, 11) is 0. The van der Waals surface area contributed by atoms with E-state index in [2.05, 4.69) is 5.32 Å². The van der Waals surface area contributed by atoms with Gasteiger partial charge >= 0.3 is 0 Å². The number of fused-ring (bicyclic) bond motifs is 2. The Hall–Kier alpha value is -1.65. The molecule has 1 aromatic carbocycles. The van der Waals surface area contributed by atoms with E-state index in [4.69, 9.17) is 0 Å². The van der Waals surface area contributed by atoms with Gasteiger partial charge in [-0.15, -0.1) is 0 Å². The fraction of sp³-hybridized carbons (Fsp3) is 0.533. The van der Waals surface area contributed by atoms with Crippen molar-refractivity contribution in [2.75, 3.05) is 18.4 Å². The summed E-state index contributed by atoms with van der Waals surface area (Å²) in [6.45, 7) is 2.91. The minimum absolute atomic E-state index is 0.106. The van der Waals surface area contributed by atoms with E-state index >= 15 is 0 Å². The monoisotopic (exact) mass is 280 g/mol. The Balaban J connectivity index is 1.85. The lowest BCUT2D eigenvalue weighted by molar-refractivity contribution is 0.0702. The Labute approximate surface area is 117 Å². The van der Waals surface area contributed by atoms with Gasteiger partial charge in [-0.05, 0) is 44.2 Å². The van der Waals surface area contributed by atoms with E-state index in [1.54, 1.807) is 11.8 Å². The van der Waals surface area contributed by atoms with Crippen LogP contribution in [0.4, 0.5) is 14.5 Å². The van der Waals surface area contributed by atoms with E-state index in [-0.39, 0.29) is 23.2 Å². The second-order valence-electron chi connectivity index (χ2n) is 5.64. The quantitative estimate of drug-likeness (QED) is 0.923. The molecule has 2 unspecified atom stereocenters. The molecule has 1 aliphatic carbocycles. The number of likely N-dealkylation sites (tertiary alicyclic amines) is 1. The third-order valence-corrected chi connectivity index (χ3v) is 4.31. The lowest BCUT2D eigenvalue weighted by atomic mass is 10.1. The molecule has 1 aromatic rings. The molecule has 3 rings (SSSR count). The van der Waals surface area contributed by atoms with Crippen molar-refractivity contribution >= 4 is 11.6 Å². The summed E-state index contributed by atoms with van der Waals surface area (Å²) in [5, 5.41) is 2.63. The van der Waals surface area contributed by atoms with Crippen LogP contribution in [0.1, 0.15) is 36.5 Å². The number of hydrogen-bond donors (Lipinski definition) is 1. The highest BCUT2D eigenvalue weighted by Crippen LogP contribution is 2.38. The Kier molecular flexibility index (Phi) is 3.36. The summed E-state index contributed by atoms with van der Waals surface area (Å²) in [5.41, 5.74) is -0.0544. The van der Waals surface area contributed by atoms with Gasteiger partial charge in [0.2, 0.25) is 0 Å². The first-order valence-corrected chi connectivity index (χ1v) is 7.14. The first-order valence-electron chi connectivity index (χ1n) is 7.14. The lowest BCUT2D eigenvalue weighted by Crippen LogP contribution is -2.37. The fourth-order valence-electron chi connectivity index (χ4n) is 3.38. The van der Waals surface area contributed by atoms with Gasteiger partial charge in [-0.2, -0.15) is 0 Å². The average molecular weight is 280 g/mol. The number of anilines is 1. The predicted octanol–water partition coefficient (Wildman–Crippen LogP) is 3.02. The van der Waals surface area contributed by atoms with Crippen molar-refractivity contribution in [2.24, 2.45) is 5.92 Å². The summed E-state index contributed by atoms with van der Waals surface area (Å²) in [5.74, 6) is -1.10. The molecular weight excluding hydrogens is 262 g/mol. The lowest BCUT2D eigenvalue weighted by Gasteiger charge is -2.27. The molecule has 2 bridgehead atoms. The number of carbonyl (C=O) groups is 1. The average Bonchev–Trinajstić information content (AvgIpc) is 3.04. The van der Waals surface area contributed by atoms with Gasteiger partial charge in [-0.25, -0.2) is 8.78 Å². The predicted molar refractivity (Wildman–Crippen MR) is 72.7 cm³/mol. The summed E-state index contributed by atoms with van der Waals surface area (Å²) in [6.07, 6.45) is 3.21. The number of benzene rings is 1. The highest BCUT2D eigenvalue weighted by atomic mass is 19.1. The fourth-order valence-corrected chi connectivity index (χ4v) is 3.38. The van der Waals surface area contributed by atoms with E-state index in [1.807, 2.05) is 0 Å². The molecule has 0 aromatic heterocycles. The topological polar surface area (TPSA) is 32.3 Å². The van der Waals surface area contributed by atoms with Gasteiger partial charge in [0, 0.05) is 24.7 Å².